The third-order valence-corrected chi connectivity index (χ3v) is 4.50. The van der Waals surface area contributed by atoms with Crippen LogP contribution >= 0.6 is 0 Å². The smallest absolute Gasteiger partial charge is 0.230 e. The molecule has 1 amide bonds. The molecule has 21 heavy (non-hydrogen) atoms. The molecule has 2 aromatic rings. The molecule has 1 aromatic heterocycles. The summed E-state index contributed by atoms with van der Waals surface area (Å²) in [4.78, 5) is 14.4. The highest BCUT2D eigenvalue weighted by atomic mass is 16.3. The summed E-state index contributed by atoms with van der Waals surface area (Å²) in [6.45, 7) is 6.23. The number of amides is 1. The SMILES string of the molecule is CCC(C)(CN)C(=O)N(C)C(C)c1cc2ccccc2o1. The van der Waals surface area contributed by atoms with Gasteiger partial charge in [-0.05, 0) is 32.4 Å². The van der Waals surface area contributed by atoms with Crippen LogP contribution < -0.4 is 5.73 Å². The minimum Gasteiger partial charge on any atom is -0.459 e. The molecule has 2 rings (SSSR count). The van der Waals surface area contributed by atoms with E-state index in [0.717, 1.165) is 23.2 Å². The van der Waals surface area contributed by atoms with E-state index in [4.69, 9.17) is 10.2 Å². The van der Waals surface area contributed by atoms with E-state index in [1.807, 2.05) is 58.2 Å². The van der Waals surface area contributed by atoms with Crippen molar-refractivity contribution in [3.05, 3.63) is 36.1 Å². The lowest BCUT2D eigenvalue weighted by molar-refractivity contribution is -0.141. The molecule has 0 aliphatic carbocycles. The number of nitrogens with two attached hydrogens (primary N) is 1. The van der Waals surface area contributed by atoms with E-state index in [1.165, 1.54) is 0 Å². The number of carbonyl (C=O) groups excluding carboxylic acids is 1. The molecule has 4 nitrogen and oxygen atoms in total. The van der Waals surface area contributed by atoms with Gasteiger partial charge in [0.05, 0.1) is 11.5 Å². The number of rotatable bonds is 5. The number of para-hydroxylation sites is 1. The maximum absolute atomic E-state index is 12.7. The number of nitrogens with zero attached hydrogens (tertiary/aromatic N) is 1. The first-order valence-corrected chi connectivity index (χ1v) is 7.38. The molecule has 2 N–H and O–H groups in total. The van der Waals surface area contributed by atoms with E-state index in [-0.39, 0.29) is 11.9 Å². The molecule has 0 spiro atoms. The molecule has 114 valence electrons. The highest BCUT2D eigenvalue weighted by Crippen LogP contribution is 2.30. The summed E-state index contributed by atoms with van der Waals surface area (Å²) in [5.74, 6) is 0.850. The quantitative estimate of drug-likeness (QED) is 0.918. The van der Waals surface area contributed by atoms with Gasteiger partial charge in [0.2, 0.25) is 5.91 Å². The fraction of sp³-hybridized carbons (Fsp3) is 0.471. The first-order valence-electron chi connectivity index (χ1n) is 7.38. The predicted molar refractivity (Wildman–Crippen MR) is 84.9 cm³/mol. The normalized spacial score (nSPS) is 15.7. The zero-order valence-electron chi connectivity index (χ0n) is 13.2. The number of fused-ring (bicyclic) bond motifs is 1. The summed E-state index contributed by atoms with van der Waals surface area (Å²) >= 11 is 0. The average Bonchev–Trinajstić information content (AvgIpc) is 2.95. The van der Waals surface area contributed by atoms with Gasteiger partial charge in [0.1, 0.15) is 11.3 Å². The van der Waals surface area contributed by atoms with Crippen molar-refractivity contribution >= 4 is 16.9 Å². The van der Waals surface area contributed by atoms with Crippen LogP contribution in [0, 0.1) is 5.41 Å². The summed E-state index contributed by atoms with van der Waals surface area (Å²) in [7, 11) is 1.81. The minimum atomic E-state index is -0.519. The molecule has 0 fully saturated rings. The van der Waals surface area contributed by atoms with E-state index < -0.39 is 5.41 Å². The molecule has 1 heterocycles. The number of hydrogen-bond acceptors (Lipinski definition) is 3. The van der Waals surface area contributed by atoms with Gasteiger partial charge in [-0.15, -0.1) is 0 Å². The van der Waals surface area contributed by atoms with Crippen LogP contribution in [0.3, 0.4) is 0 Å². The Morgan fingerprint density at radius 3 is 2.67 bits per heavy atom. The van der Waals surface area contributed by atoms with E-state index in [9.17, 15) is 4.79 Å². The van der Waals surface area contributed by atoms with E-state index in [0.29, 0.717) is 6.54 Å². The second kappa shape index (κ2) is 5.90. The Morgan fingerprint density at radius 2 is 2.10 bits per heavy atom. The highest BCUT2D eigenvalue weighted by Gasteiger charge is 2.35. The van der Waals surface area contributed by atoms with E-state index in [2.05, 4.69) is 0 Å². The summed E-state index contributed by atoms with van der Waals surface area (Å²) in [6, 6.07) is 9.73. The van der Waals surface area contributed by atoms with Crippen molar-refractivity contribution in [3.63, 3.8) is 0 Å². The lowest BCUT2D eigenvalue weighted by atomic mass is 9.85. The Kier molecular flexibility index (Phi) is 4.37. The Morgan fingerprint density at radius 1 is 1.43 bits per heavy atom. The lowest BCUT2D eigenvalue weighted by Crippen LogP contribution is -2.45. The highest BCUT2D eigenvalue weighted by molar-refractivity contribution is 5.83. The molecule has 0 saturated heterocycles. The van der Waals surface area contributed by atoms with Crippen LogP contribution in [0.25, 0.3) is 11.0 Å². The van der Waals surface area contributed by atoms with Crippen molar-refractivity contribution in [1.82, 2.24) is 4.90 Å². The van der Waals surface area contributed by atoms with Crippen molar-refractivity contribution in [1.29, 1.82) is 0 Å². The maximum Gasteiger partial charge on any atom is 0.230 e. The molecule has 4 heteroatoms. The summed E-state index contributed by atoms with van der Waals surface area (Å²) < 4.78 is 5.86. The molecular formula is C17H24N2O2. The van der Waals surface area contributed by atoms with Crippen molar-refractivity contribution in [2.45, 2.75) is 33.2 Å². The summed E-state index contributed by atoms with van der Waals surface area (Å²) in [5.41, 5.74) is 6.11. The van der Waals surface area contributed by atoms with Gasteiger partial charge in [-0.1, -0.05) is 25.1 Å². The van der Waals surface area contributed by atoms with Gasteiger partial charge in [0.15, 0.2) is 0 Å². The van der Waals surface area contributed by atoms with Crippen molar-refractivity contribution in [3.8, 4) is 0 Å². The number of hydrogen-bond donors (Lipinski definition) is 1. The molecule has 0 bridgehead atoms. The van der Waals surface area contributed by atoms with Crippen LogP contribution in [0.2, 0.25) is 0 Å². The summed E-state index contributed by atoms with van der Waals surface area (Å²) in [6.07, 6.45) is 0.722. The van der Waals surface area contributed by atoms with E-state index in [1.54, 1.807) is 4.90 Å². The minimum absolute atomic E-state index is 0.0560. The summed E-state index contributed by atoms with van der Waals surface area (Å²) in [5, 5.41) is 1.05. The van der Waals surface area contributed by atoms with Gasteiger partial charge in [0.25, 0.3) is 0 Å². The Labute approximate surface area is 125 Å². The molecule has 0 aliphatic heterocycles. The third-order valence-electron chi connectivity index (χ3n) is 4.50. The van der Waals surface area contributed by atoms with Gasteiger partial charge in [-0.2, -0.15) is 0 Å². The lowest BCUT2D eigenvalue weighted by Gasteiger charge is -2.33. The number of benzene rings is 1. The van der Waals surface area contributed by atoms with Crippen LogP contribution in [0.1, 0.15) is 39.0 Å². The zero-order valence-corrected chi connectivity index (χ0v) is 13.2. The fourth-order valence-electron chi connectivity index (χ4n) is 2.38. The monoisotopic (exact) mass is 288 g/mol. The molecule has 0 aliphatic rings. The van der Waals surface area contributed by atoms with Crippen LogP contribution in [0.4, 0.5) is 0 Å². The Bertz CT molecular complexity index is 596. The van der Waals surface area contributed by atoms with Crippen molar-refractivity contribution in [2.24, 2.45) is 11.1 Å². The van der Waals surface area contributed by atoms with Crippen molar-refractivity contribution < 1.29 is 9.21 Å². The van der Waals surface area contributed by atoms with Crippen molar-refractivity contribution in [2.75, 3.05) is 13.6 Å². The molecule has 0 radical (unpaired) electrons. The van der Waals surface area contributed by atoms with Crippen LogP contribution in [0.5, 0.6) is 0 Å². The first kappa shape index (κ1) is 15.6. The Hall–Kier alpha value is -1.81. The topological polar surface area (TPSA) is 59.5 Å². The molecular weight excluding hydrogens is 264 g/mol. The number of furan rings is 1. The first-order chi connectivity index (χ1) is 9.92. The van der Waals surface area contributed by atoms with Gasteiger partial charge in [0, 0.05) is 19.0 Å². The van der Waals surface area contributed by atoms with Crippen LogP contribution in [-0.4, -0.2) is 24.4 Å². The fourth-order valence-corrected chi connectivity index (χ4v) is 2.38. The Balaban J connectivity index is 2.26. The van der Waals surface area contributed by atoms with E-state index >= 15 is 0 Å². The zero-order chi connectivity index (χ0) is 15.6. The number of carbonyl (C=O) groups is 1. The van der Waals surface area contributed by atoms with Gasteiger partial charge >= 0.3 is 0 Å². The predicted octanol–water partition coefficient (Wildman–Crippen LogP) is 3.33. The second-order valence-corrected chi connectivity index (χ2v) is 5.90. The second-order valence-electron chi connectivity index (χ2n) is 5.90. The molecule has 1 aromatic carbocycles. The van der Waals surface area contributed by atoms with Gasteiger partial charge in [-0.25, -0.2) is 0 Å². The maximum atomic E-state index is 12.7. The molecule has 2 atom stereocenters. The van der Waals surface area contributed by atoms with Crippen LogP contribution in [0.15, 0.2) is 34.7 Å². The van der Waals surface area contributed by atoms with Gasteiger partial charge < -0.3 is 15.1 Å². The standard InChI is InChI=1S/C17H24N2O2/c1-5-17(3,11-18)16(20)19(4)12(2)15-10-13-8-6-7-9-14(13)21-15/h6-10,12H,5,11,18H2,1-4H3. The average molecular weight is 288 g/mol. The van der Waals surface area contributed by atoms with Crippen LogP contribution in [-0.2, 0) is 4.79 Å². The molecule has 2 unspecified atom stereocenters. The third kappa shape index (κ3) is 2.81. The largest absolute Gasteiger partial charge is 0.459 e. The van der Waals surface area contributed by atoms with Gasteiger partial charge in [-0.3, -0.25) is 4.79 Å². The molecule has 0 saturated carbocycles.